The van der Waals surface area contributed by atoms with Gasteiger partial charge in [-0.15, -0.1) is 0 Å². The number of benzene rings is 1. The van der Waals surface area contributed by atoms with E-state index in [9.17, 15) is 8.42 Å². The summed E-state index contributed by atoms with van der Waals surface area (Å²) in [7, 11) is -1.50. The molecule has 1 aromatic carbocycles. The largest absolute Gasteiger partial charge is 0.398 e. The average Bonchev–Trinajstić information content (AvgIpc) is 2.36. The van der Waals surface area contributed by atoms with Crippen LogP contribution in [0, 0.1) is 20.8 Å². The van der Waals surface area contributed by atoms with E-state index in [1.165, 1.54) is 0 Å². The summed E-state index contributed by atoms with van der Waals surface area (Å²) in [5.41, 5.74) is 8.89. The normalized spacial score (nSPS) is 21.7. The average molecular weight is 311 g/mol. The zero-order chi connectivity index (χ0) is 15.9. The van der Waals surface area contributed by atoms with Crippen molar-refractivity contribution in [3.63, 3.8) is 0 Å². The number of nitrogen functional groups attached to an aromatic ring is 1. The first-order valence-electron chi connectivity index (χ1n) is 7.23. The molecule has 0 spiro atoms. The van der Waals surface area contributed by atoms with Gasteiger partial charge < -0.3 is 10.6 Å². The van der Waals surface area contributed by atoms with Crippen molar-refractivity contribution in [3.8, 4) is 0 Å². The van der Waals surface area contributed by atoms with Crippen LogP contribution in [-0.4, -0.2) is 50.3 Å². The zero-order valence-electron chi connectivity index (χ0n) is 13.5. The third-order valence-corrected chi connectivity index (χ3v) is 6.70. The molecule has 1 heterocycles. The number of hydrogen-bond acceptors (Lipinski definition) is 4. The van der Waals surface area contributed by atoms with Crippen molar-refractivity contribution in [3.05, 3.63) is 22.8 Å². The van der Waals surface area contributed by atoms with Gasteiger partial charge in [0.25, 0.3) is 0 Å². The molecule has 0 radical (unpaired) electrons. The maximum absolute atomic E-state index is 13.1. The number of nitrogens with two attached hydrogens (primary N) is 1. The Kier molecular flexibility index (Phi) is 4.33. The first kappa shape index (κ1) is 16.3. The van der Waals surface area contributed by atoms with Crippen LogP contribution in [0.3, 0.4) is 0 Å². The number of piperazine rings is 1. The van der Waals surface area contributed by atoms with Gasteiger partial charge in [-0.25, -0.2) is 8.42 Å². The Hall–Kier alpha value is -1.11. The number of anilines is 1. The Labute approximate surface area is 127 Å². The molecule has 1 unspecified atom stereocenters. The van der Waals surface area contributed by atoms with E-state index in [1.807, 2.05) is 33.9 Å². The lowest BCUT2D eigenvalue weighted by molar-refractivity contribution is 0.170. The molecule has 118 valence electrons. The van der Waals surface area contributed by atoms with Gasteiger partial charge in [0, 0.05) is 31.4 Å². The number of hydrogen-bond donors (Lipinski definition) is 1. The van der Waals surface area contributed by atoms with Crippen molar-refractivity contribution in [2.24, 2.45) is 0 Å². The predicted molar refractivity (Wildman–Crippen MR) is 85.9 cm³/mol. The molecule has 2 rings (SSSR count). The molecule has 1 fully saturated rings. The topological polar surface area (TPSA) is 66.6 Å². The van der Waals surface area contributed by atoms with Crippen molar-refractivity contribution >= 4 is 15.7 Å². The lowest BCUT2D eigenvalue weighted by Gasteiger charge is -2.37. The fourth-order valence-electron chi connectivity index (χ4n) is 3.03. The van der Waals surface area contributed by atoms with Gasteiger partial charge in [0.1, 0.15) is 0 Å². The molecule has 2 N–H and O–H groups in total. The summed E-state index contributed by atoms with van der Waals surface area (Å²) in [4.78, 5) is 2.54. The highest BCUT2D eigenvalue weighted by Crippen LogP contribution is 2.31. The van der Waals surface area contributed by atoms with Crippen LogP contribution in [0.25, 0.3) is 0 Å². The molecule has 0 bridgehead atoms. The van der Waals surface area contributed by atoms with Gasteiger partial charge in [0.15, 0.2) is 0 Å². The van der Waals surface area contributed by atoms with Crippen LogP contribution in [0.15, 0.2) is 11.0 Å². The highest BCUT2D eigenvalue weighted by molar-refractivity contribution is 7.89. The monoisotopic (exact) mass is 311 g/mol. The maximum Gasteiger partial charge on any atom is 0.244 e. The number of rotatable bonds is 2. The van der Waals surface area contributed by atoms with E-state index in [-0.39, 0.29) is 6.04 Å². The van der Waals surface area contributed by atoms with E-state index in [1.54, 1.807) is 11.2 Å². The van der Waals surface area contributed by atoms with Crippen LogP contribution in [0.5, 0.6) is 0 Å². The minimum atomic E-state index is -3.51. The minimum absolute atomic E-state index is 0.0331. The summed E-state index contributed by atoms with van der Waals surface area (Å²) in [6, 6.07) is 1.81. The van der Waals surface area contributed by atoms with Crippen LogP contribution < -0.4 is 5.73 Å². The van der Waals surface area contributed by atoms with Crippen molar-refractivity contribution in [1.82, 2.24) is 9.21 Å². The molecule has 21 heavy (non-hydrogen) atoms. The zero-order valence-corrected chi connectivity index (χ0v) is 14.3. The van der Waals surface area contributed by atoms with Gasteiger partial charge in [-0.2, -0.15) is 4.31 Å². The molecule has 6 heteroatoms. The van der Waals surface area contributed by atoms with Gasteiger partial charge in [-0.05, 0) is 57.5 Å². The molecule has 0 amide bonds. The van der Waals surface area contributed by atoms with E-state index in [0.29, 0.717) is 22.7 Å². The number of likely N-dealkylation sites (N-methyl/N-ethyl adjacent to an activating group) is 1. The highest BCUT2D eigenvalue weighted by atomic mass is 32.2. The summed E-state index contributed by atoms with van der Waals surface area (Å²) in [6.45, 7) is 9.52. The van der Waals surface area contributed by atoms with Crippen LogP contribution in [-0.2, 0) is 10.0 Å². The Balaban J connectivity index is 2.55. The number of sulfonamides is 1. The number of nitrogens with zero attached hydrogens (tertiary/aromatic N) is 2. The summed E-state index contributed by atoms with van der Waals surface area (Å²) < 4.78 is 27.8. The summed E-state index contributed by atoms with van der Waals surface area (Å²) in [6.07, 6.45) is 0. The standard InChI is InChI=1S/C15H25N3O2S/c1-10-8-14(16)13(4)15(12(10)3)21(19,20)18-7-6-17(5)9-11(18)2/h8,11H,6-7,9,16H2,1-5H3. The van der Waals surface area contributed by atoms with Gasteiger partial charge >= 0.3 is 0 Å². The van der Waals surface area contributed by atoms with Crippen molar-refractivity contribution in [1.29, 1.82) is 0 Å². The SMILES string of the molecule is Cc1cc(N)c(C)c(S(=O)(=O)N2CCN(C)CC2C)c1C. The number of aryl methyl sites for hydroxylation is 1. The Morgan fingerprint density at radius 3 is 2.38 bits per heavy atom. The molecular formula is C15H25N3O2S. The van der Waals surface area contributed by atoms with Gasteiger partial charge in [0.2, 0.25) is 10.0 Å². The maximum atomic E-state index is 13.1. The smallest absolute Gasteiger partial charge is 0.244 e. The van der Waals surface area contributed by atoms with E-state index in [0.717, 1.165) is 24.2 Å². The van der Waals surface area contributed by atoms with Crippen LogP contribution in [0.1, 0.15) is 23.6 Å². The predicted octanol–water partition coefficient (Wildman–Crippen LogP) is 1.52. The quantitative estimate of drug-likeness (QED) is 0.841. The van der Waals surface area contributed by atoms with Crippen LogP contribution >= 0.6 is 0 Å². The molecule has 1 aliphatic rings. The van der Waals surface area contributed by atoms with Crippen molar-refractivity contribution in [2.45, 2.75) is 38.6 Å². The van der Waals surface area contributed by atoms with E-state index < -0.39 is 10.0 Å². The van der Waals surface area contributed by atoms with Crippen LogP contribution in [0.2, 0.25) is 0 Å². The van der Waals surface area contributed by atoms with E-state index >= 15 is 0 Å². The second-order valence-electron chi connectivity index (χ2n) is 6.09. The summed E-state index contributed by atoms with van der Waals surface area (Å²) in [5, 5.41) is 0. The lowest BCUT2D eigenvalue weighted by Crippen LogP contribution is -2.52. The molecule has 0 aliphatic carbocycles. The molecule has 1 saturated heterocycles. The Morgan fingerprint density at radius 2 is 1.81 bits per heavy atom. The summed E-state index contributed by atoms with van der Waals surface area (Å²) in [5.74, 6) is 0. The fraction of sp³-hybridized carbons (Fsp3) is 0.600. The highest BCUT2D eigenvalue weighted by Gasteiger charge is 2.35. The Morgan fingerprint density at radius 1 is 1.19 bits per heavy atom. The van der Waals surface area contributed by atoms with Gasteiger partial charge in [-0.1, -0.05) is 0 Å². The van der Waals surface area contributed by atoms with Crippen molar-refractivity contribution < 1.29 is 8.42 Å². The van der Waals surface area contributed by atoms with E-state index in [4.69, 9.17) is 5.73 Å². The van der Waals surface area contributed by atoms with Gasteiger partial charge in [-0.3, -0.25) is 0 Å². The summed E-state index contributed by atoms with van der Waals surface area (Å²) >= 11 is 0. The van der Waals surface area contributed by atoms with Crippen LogP contribution in [0.4, 0.5) is 5.69 Å². The second kappa shape index (κ2) is 5.59. The molecule has 5 nitrogen and oxygen atoms in total. The second-order valence-corrected chi connectivity index (χ2v) is 7.92. The molecule has 0 aromatic heterocycles. The Bertz CT molecular complexity index is 629. The fourth-order valence-corrected chi connectivity index (χ4v) is 5.18. The molecular weight excluding hydrogens is 286 g/mol. The lowest BCUT2D eigenvalue weighted by atomic mass is 10.1. The molecule has 1 atom stereocenters. The molecule has 0 saturated carbocycles. The first-order chi connectivity index (χ1) is 9.66. The van der Waals surface area contributed by atoms with Gasteiger partial charge in [0.05, 0.1) is 4.90 Å². The third-order valence-electron chi connectivity index (χ3n) is 4.41. The molecule has 1 aromatic rings. The van der Waals surface area contributed by atoms with E-state index in [2.05, 4.69) is 4.90 Å². The third kappa shape index (κ3) is 2.80. The molecule has 1 aliphatic heterocycles. The van der Waals surface area contributed by atoms with Crippen molar-refractivity contribution in [2.75, 3.05) is 32.4 Å². The minimum Gasteiger partial charge on any atom is -0.398 e. The first-order valence-corrected chi connectivity index (χ1v) is 8.67.